The predicted octanol–water partition coefficient (Wildman–Crippen LogP) is 4.29. The number of H-pyrrole nitrogens is 1. The Hall–Kier alpha value is -2.40. The Kier molecular flexibility index (Phi) is 4.40. The van der Waals surface area contributed by atoms with E-state index in [-0.39, 0.29) is 10.8 Å². The number of carbonyl (C=O) groups excluding carboxylic acids is 1. The maximum absolute atomic E-state index is 12.1. The highest BCUT2D eigenvalue weighted by molar-refractivity contribution is 8.01. The highest BCUT2D eigenvalue weighted by atomic mass is 32.2. The quantitative estimate of drug-likeness (QED) is 0.620. The highest BCUT2D eigenvalue weighted by Gasteiger charge is 2.43. The summed E-state index contributed by atoms with van der Waals surface area (Å²) in [5.74, 6) is 0. The van der Waals surface area contributed by atoms with Gasteiger partial charge in [0.25, 0.3) is 0 Å². The Balaban J connectivity index is 1.26. The molecule has 1 heterocycles. The second-order valence-electron chi connectivity index (χ2n) is 6.52. The van der Waals surface area contributed by atoms with Gasteiger partial charge in [-0.25, -0.2) is 4.79 Å². The minimum atomic E-state index is -0.112. The van der Waals surface area contributed by atoms with Crippen molar-refractivity contribution in [1.82, 2.24) is 15.6 Å². The molecule has 3 N–H and O–H groups in total. The Morgan fingerprint density at radius 1 is 1.04 bits per heavy atom. The monoisotopic (exact) mass is 351 g/mol. The maximum Gasteiger partial charge on any atom is 0.315 e. The van der Waals surface area contributed by atoms with E-state index in [9.17, 15) is 4.79 Å². The van der Waals surface area contributed by atoms with Crippen molar-refractivity contribution < 1.29 is 4.79 Å². The summed E-state index contributed by atoms with van der Waals surface area (Å²) in [6.07, 6.45) is 2.30. The van der Waals surface area contributed by atoms with Crippen LogP contribution in [0.2, 0.25) is 0 Å². The number of amides is 2. The molecule has 1 saturated carbocycles. The van der Waals surface area contributed by atoms with Gasteiger partial charge in [0.2, 0.25) is 0 Å². The van der Waals surface area contributed by atoms with Gasteiger partial charge in [-0.3, -0.25) is 0 Å². The number of urea groups is 1. The highest BCUT2D eigenvalue weighted by Crippen LogP contribution is 2.51. The molecule has 128 valence electrons. The van der Waals surface area contributed by atoms with Crippen LogP contribution in [0.5, 0.6) is 0 Å². The first-order valence-corrected chi connectivity index (χ1v) is 9.37. The van der Waals surface area contributed by atoms with Crippen molar-refractivity contribution in [1.29, 1.82) is 0 Å². The van der Waals surface area contributed by atoms with E-state index in [0.29, 0.717) is 13.1 Å². The van der Waals surface area contributed by atoms with Crippen LogP contribution in [-0.4, -0.2) is 22.3 Å². The van der Waals surface area contributed by atoms with E-state index in [0.717, 1.165) is 29.4 Å². The molecule has 0 spiro atoms. The maximum atomic E-state index is 12.1. The predicted molar refractivity (Wildman–Crippen MR) is 103 cm³/mol. The van der Waals surface area contributed by atoms with Gasteiger partial charge in [-0.2, -0.15) is 0 Å². The summed E-state index contributed by atoms with van der Waals surface area (Å²) in [6.45, 7) is 1.20. The SMILES string of the molecule is O=C(NCc1cc2ccccc2[nH]1)NCC1(Sc2ccccc2)CC1. The zero-order chi connectivity index (χ0) is 17.1. The topological polar surface area (TPSA) is 56.9 Å². The fraction of sp³-hybridized carbons (Fsp3) is 0.250. The van der Waals surface area contributed by atoms with E-state index < -0.39 is 0 Å². The third kappa shape index (κ3) is 3.99. The number of para-hydroxylation sites is 1. The number of aromatic nitrogens is 1. The lowest BCUT2D eigenvalue weighted by atomic mass is 10.2. The van der Waals surface area contributed by atoms with Crippen LogP contribution < -0.4 is 10.6 Å². The number of fused-ring (bicyclic) bond motifs is 1. The molecule has 3 aromatic rings. The third-order valence-electron chi connectivity index (χ3n) is 4.48. The molecule has 1 fully saturated rings. The van der Waals surface area contributed by atoms with Gasteiger partial charge in [0.1, 0.15) is 0 Å². The fourth-order valence-corrected chi connectivity index (χ4v) is 4.14. The molecule has 0 bridgehead atoms. The van der Waals surface area contributed by atoms with Crippen molar-refractivity contribution in [2.45, 2.75) is 29.0 Å². The average Bonchev–Trinajstić information content (AvgIpc) is 3.27. The van der Waals surface area contributed by atoms with Crippen molar-refractivity contribution in [3.8, 4) is 0 Å². The summed E-state index contributed by atoms with van der Waals surface area (Å²) in [5.41, 5.74) is 2.10. The smallest absolute Gasteiger partial charge is 0.315 e. The van der Waals surface area contributed by atoms with Crippen molar-refractivity contribution in [3.63, 3.8) is 0 Å². The Bertz CT molecular complexity index is 838. The van der Waals surface area contributed by atoms with Crippen molar-refractivity contribution in [2.75, 3.05) is 6.54 Å². The molecule has 1 aliphatic carbocycles. The van der Waals surface area contributed by atoms with Crippen LogP contribution in [0.25, 0.3) is 10.9 Å². The number of rotatable bonds is 6. The summed E-state index contributed by atoms with van der Waals surface area (Å²) < 4.78 is 0.166. The van der Waals surface area contributed by atoms with E-state index in [1.807, 2.05) is 36.0 Å². The summed E-state index contributed by atoms with van der Waals surface area (Å²) in [5, 5.41) is 7.12. The third-order valence-corrected chi connectivity index (χ3v) is 5.97. The molecular weight excluding hydrogens is 330 g/mol. The second kappa shape index (κ2) is 6.84. The Labute approximate surface area is 151 Å². The summed E-state index contributed by atoms with van der Waals surface area (Å²) in [7, 11) is 0. The van der Waals surface area contributed by atoms with Crippen LogP contribution in [0.4, 0.5) is 4.79 Å². The Morgan fingerprint density at radius 2 is 1.80 bits per heavy atom. The lowest BCUT2D eigenvalue weighted by Gasteiger charge is -2.16. The molecule has 0 saturated heterocycles. The molecule has 2 amide bonds. The number of aromatic amines is 1. The molecule has 25 heavy (non-hydrogen) atoms. The molecule has 0 radical (unpaired) electrons. The van der Waals surface area contributed by atoms with Crippen molar-refractivity contribution in [3.05, 3.63) is 66.4 Å². The van der Waals surface area contributed by atoms with Gasteiger partial charge in [0.05, 0.1) is 6.54 Å². The van der Waals surface area contributed by atoms with E-state index in [4.69, 9.17) is 0 Å². The van der Waals surface area contributed by atoms with E-state index in [1.165, 1.54) is 4.90 Å². The zero-order valence-electron chi connectivity index (χ0n) is 13.9. The van der Waals surface area contributed by atoms with Gasteiger partial charge in [0, 0.05) is 27.4 Å². The van der Waals surface area contributed by atoms with Crippen molar-refractivity contribution in [2.24, 2.45) is 0 Å². The first-order valence-electron chi connectivity index (χ1n) is 8.55. The molecule has 1 aromatic heterocycles. The molecule has 2 aromatic carbocycles. The molecule has 1 aliphatic rings. The summed E-state index contributed by atoms with van der Waals surface area (Å²) in [4.78, 5) is 16.7. The van der Waals surface area contributed by atoms with Crippen LogP contribution in [-0.2, 0) is 6.54 Å². The van der Waals surface area contributed by atoms with E-state index in [2.05, 4.69) is 52.0 Å². The van der Waals surface area contributed by atoms with Gasteiger partial charge < -0.3 is 15.6 Å². The lowest BCUT2D eigenvalue weighted by molar-refractivity contribution is 0.240. The van der Waals surface area contributed by atoms with E-state index >= 15 is 0 Å². The fourth-order valence-electron chi connectivity index (χ4n) is 2.90. The van der Waals surface area contributed by atoms with Crippen LogP contribution in [0.15, 0.2) is 65.6 Å². The number of hydrogen-bond acceptors (Lipinski definition) is 2. The first kappa shape index (κ1) is 16.1. The molecule has 4 nitrogen and oxygen atoms in total. The van der Waals surface area contributed by atoms with Crippen LogP contribution in [0, 0.1) is 0 Å². The van der Waals surface area contributed by atoms with Crippen LogP contribution in [0.1, 0.15) is 18.5 Å². The Morgan fingerprint density at radius 3 is 2.56 bits per heavy atom. The van der Waals surface area contributed by atoms with Gasteiger partial charge >= 0.3 is 6.03 Å². The molecule has 4 rings (SSSR count). The second-order valence-corrected chi connectivity index (χ2v) is 8.06. The average molecular weight is 351 g/mol. The normalized spacial score (nSPS) is 15.0. The molecule has 0 unspecified atom stereocenters. The molecule has 0 atom stereocenters. The zero-order valence-corrected chi connectivity index (χ0v) is 14.7. The summed E-state index contributed by atoms with van der Waals surface area (Å²) in [6, 6.07) is 20.5. The first-order chi connectivity index (χ1) is 12.2. The number of carbonyl (C=O) groups is 1. The minimum absolute atomic E-state index is 0.112. The minimum Gasteiger partial charge on any atom is -0.357 e. The number of benzene rings is 2. The lowest BCUT2D eigenvalue weighted by Crippen LogP contribution is -2.39. The van der Waals surface area contributed by atoms with Crippen molar-refractivity contribution >= 4 is 28.7 Å². The van der Waals surface area contributed by atoms with Gasteiger partial charge in [-0.1, -0.05) is 36.4 Å². The summed E-state index contributed by atoms with van der Waals surface area (Å²) >= 11 is 1.87. The number of hydrogen-bond donors (Lipinski definition) is 3. The van der Waals surface area contributed by atoms with Gasteiger partial charge in [-0.05, 0) is 42.5 Å². The van der Waals surface area contributed by atoms with E-state index in [1.54, 1.807) is 0 Å². The van der Waals surface area contributed by atoms with Gasteiger partial charge in [-0.15, -0.1) is 11.8 Å². The molecule has 5 heteroatoms. The van der Waals surface area contributed by atoms with Gasteiger partial charge in [0.15, 0.2) is 0 Å². The number of nitrogens with one attached hydrogen (secondary N) is 3. The molecular formula is C20H21N3OS. The standard InChI is InChI=1S/C20H21N3OS/c24-19(21-13-16-12-15-6-4-5-9-18(15)23-16)22-14-20(10-11-20)25-17-7-2-1-3-8-17/h1-9,12,23H,10-11,13-14H2,(H2,21,22,24). The largest absolute Gasteiger partial charge is 0.357 e. The number of thioether (sulfide) groups is 1. The van der Waals surface area contributed by atoms with Crippen LogP contribution >= 0.6 is 11.8 Å². The molecule has 0 aliphatic heterocycles. The van der Waals surface area contributed by atoms with Crippen LogP contribution in [0.3, 0.4) is 0 Å².